The van der Waals surface area contributed by atoms with Gasteiger partial charge in [0, 0.05) is 16.4 Å². The lowest BCUT2D eigenvalue weighted by Crippen LogP contribution is -2.16. The van der Waals surface area contributed by atoms with Gasteiger partial charge in [-0.15, -0.1) is 0 Å². The van der Waals surface area contributed by atoms with Gasteiger partial charge in [-0.3, -0.25) is 0 Å². The lowest BCUT2D eigenvalue weighted by Gasteiger charge is -2.18. The van der Waals surface area contributed by atoms with E-state index in [9.17, 15) is 0 Å². The first kappa shape index (κ1) is 16.0. The van der Waals surface area contributed by atoms with Crippen molar-refractivity contribution < 1.29 is 4.42 Å². The number of aromatic nitrogens is 2. The Bertz CT molecular complexity index is 1300. The van der Waals surface area contributed by atoms with Crippen molar-refractivity contribution in [3.05, 3.63) is 72.6 Å². The largest absolute Gasteiger partial charge is 0.438 e. The summed E-state index contributed by atoms with van der Waals surface area (Å²) < 4.78 is 6.11. The zero-order chi connectivity index (χ0) is 18.6. The van der Waals surface area contributed by atoms with Gasteiger partial charge in [0.05, 0.1) is 11.1 Å². The Morgan fingerprint density at radius 2 is 1.44 bits per heavy atom. The van der Waals surface area contributed by atoms with Crippen LogP contribution in [-0.2, 0) is 5.41 Å². The molecule has 0 fully saturated rings. The van der Waals surface area contributed by atoms with Gasteiger partial charge in [-0.05, 0) is 16.8 Å². The van der Waals surface area contributed by atoms with Gasteiger partial charge in [-0.2, -0.15) is 4.98 Å². The standard InChI is InChI=1S/C24H20N2O/c1-24(2,3)23-25-21(17-13-8-10-15-9-4-5-11-16(15)17)20-18-12-6-7-14-19(18)27-22(20)26-23/h4-14H,1-3H3. The van der Waals surface area contributed by atoms with E-state index in [0.717, 1.165) is 33.4 Å². The van der Waals surface area contributed by atoms with E-state index in [-0.39, 0.29) is 5.41 Å². The van der Waals surface area contributed by atoms with Crippen molar-refractivity contribution in [3.63, 3.8) is 0 Å². The average molecular weight is 352 g/mol. The second-order valence-corrected chi connectivity index (χ2v) is 7.95. The minimum absolute atomic E-state index is 0.174. The molecule has 0 aliphatic carbocycles. The molecule has 3 aromatic carbocycles. The molecule has 2 heterocycles. The fourth-order valence-corrected chi connectivity index (χ4v) is 3.59. The molecule has 27 heavy (non-hydrogen) atoms. The van der Waals surface area contributed by atoms with Crippen molar-refractivity contribution in [1.29, 1.82) is 0 Å². The maximum Gasteiger partial charge on any atom is 0.231 e. The topological polar surface area (TPSA) is 38.9 Å². The van der Waals surface area contributed by atoms with Gasteiger partial charge in [0.2, 0.25) is 5.71 Å². The SMILES string of the molecule is CC(C)(C)c1nc(-c2cccc3ccccc23)c2c(n1)oc1ccccc12. The molecule has 0 aliphatic heterocycles. The molecule has 132 valence electrons. The lowest BCUT2D eigenvalue weighted by atomic mass is 9.94. The molecular weight excluding hydrogens is 332 g/mol. The summed E-state index contributed by atoms with van der Waals surface area (Å²) in [4.78, 5) is 9.82. The van der Waals surface area contributed by atoms with Crippen molar-refractivity contribution in [1.82, 2.24) is 9.97 Å². The van der Waals surface area contributed by atoms with E-state index in [0.29, 0.717) is 5.71 Å². The van der Waals surface area contributed by atoms with Crippen LogP contribution in [0.25, 0.3) is 44.1 Å². The molecule has 0 N–H and O–H groups in total. The molecule has 5 aromatic rings. The van der Waals surface area contributed by atoms with E-state index in [1.807, 2.05) is 18.2 Å². The second kappa shape index (κ2) is 5.65. The van der Waals surface area contributed by atoms with Crippen molar-refractivity contribution in [3.8, 4) is 11.3 Å². The van der Waals surface area contributed by atoms with Gasteiger partial charge in [0.25, 0.3) is 0 Å². The molecule has 0 radical (unpaired) electrons. The zero-order valence-corrected chi connectivity index (χ0v) is 15.7. The van der Waals surface area contributed by atoms with E-state index >= 15 is 0 Å². The van der Waals surface area contributed by atoms with Gasteiger partial charge in [0.1, 0.15) is 11.4 Å². The summed E-state index contributed by atoms with van der Waals surface area (Å²) in [6, 6.07) is 22.9. The summed E-state index contributed by atoms with van der Waals surface area (Å²) in [5.74, 6) is 0.789. The Balaban J connectivity index is 1.97. The number of fused-ring (bicyclic) bond motifs is 4. The van der Waals surface area contributed by atoms with Crippen LogP contribution in [0.2, 0.25) is 0 Å². The van der Waals surface area contributed by atoms with Crippen molar-refractivity contribution >= 4 is 32.8 Å². The number of benzene rings is 3. The van der Waals surface area contributed by atoms with E-state index < -0.39 is 0 Å². The quantitative estimate of drug-likeness (QED) is 0.346. The van der Waals surface area contributed by atoms with Crippen LogP contribution in [0.1, 0.15) is 26.6 Å². The molecule has 0 amide bonds. The first-order valence-electron chi connectivity index (χ1n) is 9.20. The maximum absolute atomic E-state index is 6.11. The summed E-state index contributed by atoms with van der Waals surface area (Å²) in [7, 11) is 0. The van der Waals surface area contributed by atoms with Crippen LogP contribution in [0.5, 0.6) is 0 Å². The molecule has 5 rings (SSSR count). The number of nitrogens with zero attached hydrogens (tertiary/aromatic N) is 2. The van der Waals surface area contributed by atoms with Gasteiger partial charge in [-0.25, -0.2) is 4.98 Å². The number of hydrogen-bond acceptors (Lipinski definition) is 3. The van der Waals surface area contributed by atoms with Crippen LogP contribution in [0.15, 0.2) is 71.1 Å². The minimum atomic E-state index is -0.174. The number of rotatable bonds is 1. The minimum Gasteiger partial charge on any atom is -0.438 e. The Kier molecular flexibility index (Phi) is 3.35. The highest BCUT2D eigenvalue weighted by molar-refractivity contribution is 6.13. The van der Waals surface area contributed by atoms with Crippen molar-refractivity contribution in [2.24, 2.45) is 0 Å². The van der Waals surface area contributed by atoms with Crippen molar-refractivity contribution in [2.75, 3.05) is 0 Å². The van der Waals surface area contributed by atoms with Crippen LogP contribution in [0.3, 0.4) is 0 Å². The van der Waals surface area contributed by atoms with Gasteiger partial charge >= 0.3 is 0 Å². The zero-order valence-electron chi connectivity index (χ0n) is 15.7. The smallest absolute Gasteiger partial charge is 0.231 e. The third-order valence-corrected chi connectivity index (χ3v) is 4.95. The molecule has 3 nitrogen and oxygen atoms in total. The third kappa shape index (κ3) is 2.50. The number of hydrogen-bond donors (Lipinski definition) is 0. The van der Waals surface area contributed by atoms with Gasteiger partial charge in [0.15, 0.2) is 0 Å². The molecule has 0 saturated heterocycles. The maximum atomic E-state index is 6.11. The molecule has 3 heteroatoms. The van der Waals surface area contributed by atoms with Gasteiger partial charge in [-0.1, -0.05) is 81.4 Å². The van der Waals surface area contributed by atoms with Crippen LogP contribution in [0.4, 0.5) is 0 Å². The number of para-hydroxylation sites is 1. The van der Waals surface area contributed by atoms with Crippen LogP contribution < -0.4 is 0 Å². The predicted molar refractivity (Wildman–Crippen MR) is 111 cm³/mol. The second-order valence-electron chi connectivity index (χ2n) is 7.95. The Morgan fingerprint density at radius 1 is 0.741 bits per heavy atom. The summed E-state index contributed by atoms with van der Waals surface area (Å²) >= 11 is 0. The van der Waals surface area contributed by atoms with Crippen LogP contribution >= 0.6 is 0 Å². The monoisotopic (exact) mass is 352 g/mol. The summed E-state index contributed by atoms with van der Waals surface area (Å²) in [5, 5.41) is 4.42. The molecule has 2 aromatic heterocycles. The fourth-order valence-electron chi connectivity index (χ4n) is 3.59. The molecular formula is C24H20N2O. The first-order valence-corrected chi connectivity index (χ1v) is 9.20. The Hall–Kier alpha value is -3.20. The molecule has 0 bridgehead atoms. The Labute approximate surface area is 157 Å². The van der Waals surface area contributed by atoms with E-state index in [2.05, 4.69) is 69.3 Å². The molecule has 0 atom stereocenters. The highest BCUT2D eigenvalue weighted by Gasteiger charge is 2.24. The average Bonchev–Trinajstić information content (AvgIpc) is 3.05. The Morgan fingerprint density at radius 3 is 2.26 bits per heavy atom. The fraction of sp³-hybridized carbons (Fsp3) is 0.167. The number of furan rings is 1. The molecule has 0 saturated carbocycles. The lowest BCUT2D eigenvalue weighted by molar-refractivity contribution is 0.540. The predicted octanol–water partition coefficient (Wildman–Crippen LogP) is 6.49. The molecule has 0 aliphatic rings. The summed E-state index contributed by atoms with van der Waals surface area (Å²) in [5.41, 5.74) is 3.37. The third-order valence-electron chi connectivity index (χ3n) is 4.95. The van der Waals surface area contributed by atoms with E-state index in [1.54, 1.807) is 0 Å². The van der Waals surface area contributed by atoms with Crippen LogP contribution in [-0.4, -0.2) is 9.97 Å². The highest BCUT2D eigenvalue weighted by atomic mass is 16.3. The summed E-state index contributed by atoms with van der Waals surface area (Å²) in [6.45, 7) is 6.39. The van der Waals surface area contributed by atoms with Crippen LogP contribution in [0, 0.1) is 0 Å². The first-order chi connectivity index (χ1) is 13.0. The van der Waals surface area contributed by atoms with E-state index in [1.165, 1.54) is 10.8 Å². The normalized spacial score (nSPS) is 12.3. The van der Waals surface area contributed by atoms with Gasteiger partial charge < -0.3 is 4.42 Å². The summed E-state index contributed by atoms with van der Waals surface area (Å²) in [6.07, 6.45) is 0. The molecule has 0 spiro atoms. The molecule has 0 unspecified atom stereocenters. The van der Waals surface area contributed by atoms with Crippen molar-refractivity contribution in [2.45, 2.75) is 26.2 Å². The highest BCUT2D eigenvalue weighted by Crippen LogP contribution is 2.38. The van der Waals surface area contributed by atoms with E-state index in [4.69, 9.17) is 14.4 Å².